The predicted octanol–water partition coefficient (Wildman–Crippen LogP) is 2.20. The lowest BCUT2D eigenvalue weighted by molar-refractivity contribution is 0.198. The minimum absolute atomic E-state index is 0. The van der Waals surface area contributed by atoms with Crippen molar-refractivity contribution in [1.82, 2.24) is 14.7 Å². The normalized spacial score (nSPS) is 10.4. The van der Waals surface area contributed by atoms with Gasteiger partial charge in [-0.25, -0.2) is 9.97 Å². The van der Waals surface area contributed by atoms with Gasteiger partial charge in [-0.05, 0) is 6.07 Å². The summed E-state index contributed by atoms with van der Waals surface area (Å²) in [6.45, 7) is 0. The van der Waals surface area contributed by atoms with E-state index in [9.17, 15) is 5.21 Å². The lowest BCUT2D eigenvalue weighted by Crippen LogP contribution is -1.97. The van der Waals surface area contributed by atoms with Crippen molar-refractivity contribution >= 4 is 23.3 Å². The van der Waals surface area contributed by atoms with Gasteiger partial charge in [0.05, 0.1) is 11.7 Å². The second-order valence-corrected chi connectivity index (χ2v) is 3.10. The number of pyridine rings is 1. The zero-order chi connectivity index (χ0) is 9.54. The minimum atomic E-state index is 0. The molecule has 5 heteroatoms. The van der Waals surface area contributed by atoms with Crippen LogP contribution in [-0.2, 0) is 0 Å². The van der Waals surface area contributed by atoms with Gasteiger partial charge in [-0.2, -0.15) is 4.73 Å². The molecule has 4 nitrogen and oxygen atoms in total. The maximum atomic E-state index is 9.64. The molecule has 0 aliphatic carbocycles. The molecule has 0 unspecified atom stereocenters. The highest BCUT2D eigenvalue weighted by Gasteiger charge is 2.12. The van der Waals surface area contributed by atoms with Crippen molar-refractivity contribution in [3.8, 4) is 11.4 Å². The molecule has 0 spiro atoms. The van der Waals surface area contributed by atoms with E-state index in [4.69, 9.17) is 0 Å². The Morgan fingerprint density at radius 1 is 1.13 bits per heavy atom. The number of fused-ring (bicyclic) bond motifs is 3. The highest BCUT2D eigenvalue weighted by atomic mass is 35.5. The molecular weight excluding hydrogens is 214 g/mol. The fraction of sp³-hybridized carbons (Fsp3) is 0. The predicted molar refractivity (Wildman–Crippen MR) is 58.6 cm³/mol. The van der Waals surface area contributed by atoms with Crippen molar-refractivity contribution in [1.29, 1.82) is 0 Å². The van der Waals surface area contributed by atoms with Crippen molar-refractivity contribution < 1.29 is 5.21 Å². The summed E-state index contributed by atoms with van der Waals surface area (Å²) in [7, 11) is 0. The van der Waals surface area contributed by atoms with Crippen LogP contribution in [0.3, 0.4) is 0 Å². The number of halogens is 1. The minimum Gasteiger partial charge on any atom is -0.428 e. The first-order chi connectivity index (χ1) is 6.86. The number of hydrogen-bond acceptors (Lipinski definition) is 3. The van der Waals surface area contributed by atoms with Gasteiger partial charge < -0.3 is 5.21 Å². The number of hydrogen-bond donors (Lipinski definition) is 1. The van der Waals surface area contributed by atoms with E-state index in [-0.39, 0.29) is 12.4 Å². The summed E-state index contributed by atoms with van der Waals surface area (Å²) in [5, 5.41) is 10.5. The van der Waals surface area contributed by atoms with E-state index in [2.05, 4.69) is 9.97 Å². The number of nitrogens with zero attached hydrogens (tertiary/aromatic N) is 3. The third kappa shape index (κ3) is 1.30. The number of para-hydroxylation sites is 1. The number of imidazole rings is 1. The van der Waals surface area contributed by atoms with E-state index in [1.807, 2.05) is 24.3 Å². The van der Waals surface area contributed by atoms with Gasteiger partial charge in [-0.15, -0.1) is 12.4 Å². The van der Waals surface area contributed by atoms with E-state index in [1.165, 1.54) is 6.33 Å². The van der Waals surface area contributed by atoms with Crippen LogP contribution in [0.5, 0.6) is 0 Å². The smallest absolute Gasteiger partial charge is 0.117 e. The molecule has 0 saturated heterocycles. The summed E-state index contributed by atoms with van der Waals surface area (Å²) < 4.78 is 1.08. The Kier molecular flexibility index (Phi) is 2.21. The summed E-state index contributed by atoms with van der Waals surface area (Å²) in [4.78, 5) is 8.19. The lowest BCUT2D eigenvalue weighted by atomic mass is 10.1. The molecule has 2 heterocycles. The summed E-state index contributed by atoms with van der Waals surface area (Å²) >= 11 is 0. The van der Waals surface area contributed by atoms with E-state index in [0.29, 0.717) is 5.69 Å². The average molecular weight is 222 g/mol. The fourth-order valence-corrected chi connectivity index (χ4v) is 1.64. The van der Waals surface area contributed by atoms with Crippen LogP contribution in [0.1, 0.15) is 0 Å². The van der Waals surface area contributed by atoms with Gasteiger partial charge in [-0.1, -0.05) is 18.2 Å². The summed E-state index contributed by atoms with van der Waals surface area (Å²) in [6, 6.07) is 7.54. The van der Waals surface area contributed by atoms with Crippen LogP contribution in [-0.4, -0.2) is 19.9 Å². The molecule has 0 bridgehead atoms. The Morgan fingerprint density at radius 3 is 2.80 bits per heavy atom. The van der Waals surface area contributed by atoms with E-state index in [0.717, 1.165) is 21.3 Å². The lowest BCUT2D eigenvalue weighted by Gasteiger charge is -2.06. The van der Waals surface area contributed by atoms with Gasteiger partial charge >= 0.3 is 0 Å². The molecule has 1 aromatic carbocycles. The molecular formula is C10H8ClN3O. The SMILES string of the molecule is Cl.On1cc2ncnc-2c2ccccc21. The van der Waals surface area contributed by atoms with Crippen molar-refractivity contribution in [2.45, 2.75) is 0 Å². The molecule has 15 heavy (non-hydrogen) atoms. The summed E-state index contributed by atoms with van der Waals surface area (Å²) in [5.74, 6) is 0. The van der Waals surface area contributed by atoms with E-state index < -0.39 is 0 Å². The Balaban J connectivity index is 0.000000853. The van der Waals surface area contributed by atoms with Gasteiger partial charge in [0.25, 0.3) is 0 Å². The van der Waals surface area contributed by atoms with Gasteiger partial charge in [0.15, 0.2) is 0 Å². The highest BCUT2D eigenvalue weighted by Crippen LogP contribution is 2.26. The second-order valence-electron chi connectivity index (χ2n) is 3.10. The molecule has 0 atom stereocenters. The van der Waals surface area contributed by atoms with E-state index >= 15 is 0 Å². The van der Waals surface area contributed by atoms with Crippen LogP contribution >= 0.6 is 12.4 Å². The van der Waals surface area contributed by atoms with Crippen LogP contribution in [0.15, 0.2) is 36.8 Å². The van der Waals surface area contributed by atoms with Crippen molar-refractivity contribution in [3.63, 3.8) is 0 Å². The van der Waals surface area contributed by atoms with Crippen LogP contribution in [0.25, 0.3) is 22.3 Å². The molecule has 2 aliphatic rings. The van der Waals surface area contributed by atoms with Crippen molar-refractivity contribution in [2.24, 2.45) is 0 Å². The van der Waals surface area contributed by atoms with Gasteiger partial charge in [0.2, 0.25) is 0 Å². The molecule has 76 valence electrons. The molecule has 0 aromatic heterocycles. The molecule has 2 aliphatic heterocycles. The van der Waals surface area contributed by atoms with Crippen molar-refractivity contribution in [2.75, 3.05) is 0 Å². The first-order valence-electron chi connectivity index (χ1n) is 4.26. The number of benzene rings is 1. The Labute approximate surface area is 91.9 Å². The third-order valence-corrected chi connectivity index (χ3v) is 2.28. The first-order valence-corrected chi connectivity index (χ1v) is 4.26. The Bertz CT molecular complexity index is 578. The second kappa shape index (κ2) is 3.40. The highest BCUT2D eigenvalue weighted by molar-refractivity contribution is 5.92. The molecule has 0 radical (unpaired) electrons. The summed E-state index contributed by atoms with van der Waals surface area (Å²) in [6.07, 6.45) is 3.06. The summed E-state index contributed by atoms with van der Waals surface area (Å²) in [5.41, 5.74) is 2.26. The maximum Gasteiger partial charge on any atom is 0.117 e. The zero-order valence-electron chi connectivity index (χ0n) is 7.66. The maximum absolute atomic E-state index is 9.64. The average Bonchev–Trinajstić information content (AvgIpc) is 2.66. The van der Waals surface area contributed by atoms with Gasteiger partial charge in [-0.3, -0.25) is 0 Å². The first kappa shape index (κ1) is 9.73. The fourth-order valence-electron chi connectivity index (χ4n) is 1.64. The standard InChI is InChI=1S/C10H7N3O.ClH/c14-13-5-8-10(12-6-11-8)7-3-1-2-4-9(7)13;/h1-6,14H;1H. The monoisotopic (exact) mass is 221 g/mol. The van der Waals surface area contributed by atoms with Gasteiger partial charge in [0, 0.05) is 5.39 Å². The number of aromatic nitrogens is 3. The quantitative estimate of drug-likeness (QED) is 0.592. The Morgan fingerprint density at radius 2 is 1.93 bits per heavy atom. The molecule has 0 fully saturated rings. The third-order valence-electron chi connectivity index (χ3n) is 2.28. The molecule has 1 N–H and O–H groups in total. The topological polar surface area (TPSA) is 50.9 Å². The molecule has 0 saturated carbocycles. The van der Waals surface area contributed by atoms with Crippen LogP contribution in [0.4, 0.5) is 0 Å². The van der Waals surface area contributed by atoms with Crippen LogP contribution < -0.4 is 0 Å². The van der Waals surface area contributed by atoms with Crippen LogP contribution in [0, 0.1) is 0 Å². The largest absolute Gasteiger partial charge is 0.428 e. The molecule has 3 rings (SSSR count). The molecule has 0 amide bonds. The molecule has 1 aromatic rings. The van der Waals surface area contributed by atoms with Crippen molar-refractivity contribution in [3.05, 3.63) is 36.8 Å². The Hall–Kier alpha value is -1.81. The van der Waals surface area contributed by atoms with E-state index in [1.54, 1.807) is 6.20 Å². The zero-order valence-corrected chi connectivity index (χ0v) is 8.48. The number of rotatable bonds is 0. The van der Waals surface area contributed by atoms with Crippen LogP contribution in [0.2, 0.25) is 0 Å². The van der Waals surface area contributed by atoms with Gasteiger partial charge in [0.1, 0.15) is 17.7 Å².